The van der Waals surface area contributed by atoms with Crippen LogP contribution in [-0.2, 0) is 9.84 Å². The van der Waals surface area contributed by atoms with Crippen molar-refractivity contribution in [3.63, 3.8) is 0 Å². The second-order valence-electron chi connectivity index (χ2n) is 5.59. The van der Waals surface area contributed by atoms with Crippen LogP contribution in [0, 0.1) is 11.8 Å². The summed E-state index contributed by atoms with van der Waals surface area (Å²) in [7, 11) is -3.07. The van der Waals surface area contributed by atoms with Gasteiger partial charge in [0, 0.05) is 6.04 Å². The summed E-state index contributed by atoms with van der Waals surface area (Å²) in [6.45, 7) is 3.17. The van der Waals surface area contributed by atoms with E-state index in [1.807, 2.05) is 12.1 Å². The lowest BCUT2D eigenvalue weighted by Gasteiger charge is -2.16. The van der Waals surface area contributed by atoms with Crippen LogP contribution in [-0.4, -0.2) is 20.7 Å². The van der Waals surface area contributed by atoms with E-state index in [1.165, 1.54) is 12.8 Å². The average Bonchev–Trinajstić information content (AvgIpc) is 3.15. The van der Waals surface area contributed by atoms with E-state index in [9.17, 15) is 8.42 Å². The summed E-state index contributed by atoms with van der Waals surface area (Å²) in [6, 6.07) is 7.34. The predicted molar refractivity (Wildman–Crippen MR) is 71.1 cm³/mol. The molecule has 3 nitrogen and oxygen atoms in total. The van der Waals surface area contributed by atoms with Crippen molar-refractivity contribution in [3.05, 3.63) is 29.8 Å². The molecule has 0 amide bonds. The molecule has 1 aromatic carbocycles. The number of hydrogen-bond donors (Lipinski definition) is 1. The summed E-state index contributed by atoms with van der Waals surface area (Å²) in [5.41, 5.74) is 0.945. The van der Waals surface area contributed by atoms with Crippen molar-refractivity contribution in [2.75, 3.05) is 12.3 Å². The van der Waals surface area contributed by atoms with Crippen molar-refractivity contribution in [2.45, 2.75) is 30.7 Å². The molecule has 98 valence electrons. The summed E-state index contributed by atoms with van der Waals surface area (Å²) >= 11 is 0. The summed E-state index contributed by atoms with van der Waals surface area (Å²) in [5, 5.41) is 3.44. The van der Waals surface area contributed by atoms with Gasteiger partial charge in [0.2, 0.25) is 0 Å². The van der Waals surface area contributed by atoms with Crippen LogP contribution in [0.5, 0.6) is 0 Å². The molecule has 3 rings (SSSR count). The third-order valence-electron chi connectivity index (χ3n) is 4.13. The molecule has 1 N–H and O–H groups in total. The van der Waals surface area contributed by atoms with Gasteiger partial charge in [-0.1, -0.05) is 25.1 Å². The Morgan fingerprint density at radius 2 is 2.06 bits per heavy atom. The van der Waals surface area contributed by atoms with Gasteiger partial charge < -0.3 is 5.32 Å². The number of rotatable bonds is 4. The third kappa shape index (κ3) is 2.19. The first kappa shape index (κ1) is 12.2. The van der Waals surface area contributed by atoms with E-state index in [-0.39, 0.29) is 11.8 Å². The van der Waals surface area contributed by atoms with Gasteiger partial charge in [0.1, 0.15) is 0 Å². The number of nitrogens with one attached hydrogen (secondary N) is 1. The Balaban J connectivity index is 1.74. The Morgan fingerprint density at radius 1 is 1.33 bits per heavy atom. The van der Waals surface area contributed by atoms with Crippen LogP contribution in [0.15, 0.2) is 29.2 Å². The van der Waals surface area contributed by atoms with Crippen LogP contribution in [0.4, 0.5) is 0 Å². The molecule has 1 aliphatic carbocycles. The third-order valence-corrected chi connectivity index (χ3v) is 5.94. The molecule has 1 aromatic rings. The summed E-state index contributed by atoms with van der Waals surface area (Å²) in [4.78, 5) is 0.515. The Kier molecular flexibility index (Phi) is 2.94. The number of sulfone groups is 1. The average molecular weight is 265 g/mol. The molecule has 0 aromatic heterocycles. The molecular formula is C14H19NO2S. The van der Waals surface area contributed by atoms with Crippen LogP contribution in [0.25, 0.3) is 0 Å². The maximum atomic E-state index is 12.0. The van der Waals surface area contributed by atoms with Crippen molar-refractivity contribution in [2.24, 2.45) is 11.8 Å². The Bertz CT molecular complexity index is 549. The lowest BCUT2D eigenvalue weighted by Crippen LogP contribution is -2.28. The molecule has 4 heteroatoms. The second kappa shape index (κ2) is 4.35. The minimum absolute atomic E-state index is 0.0209. The Hall–Kier alpha value is -0.870. The first-order valence-corrected chi connectivity index (χ1v) is 8.28. The van der Waals surface area contributed by atoms with Gasteiger partial charge in [-0.05, 0) is 42.9 Å². The molecule has 1 fully saturated rings. The first-order chi connectivity index (χ1) is 8.58. The largest absolute Gasteiger partial charge is 0.309 e. The zero-order chi connectivity index (χ0) is 12.8. The minimum Gasteiger partial charge on any atom is -0.309 e. The zero-order valence-electron chi connectivity index (χ0n) is 10.6. The van der Waals surface area contributed by atoms with Crippen molar-refractivity contribution < 1.29 is 8.42 Å². The minimum atomic E-state index is -3.07. The highest BCUT2D eigenvalue weighted by molar-refractivity contribution is 7.91. The van der Waals surface area contributed by atoms with Crippen molar-refractivity contribution >= 4 is 9.84 Å². The van der Waals surface area contributed by atoms with Gasteiger partial charge in [-0.15, -0.1) is 0 Å². The van der Waals surface area contributed by atoms with E-state index in [1.54, 1.807) is 12.1 Å². The van der Waals surface area contributed by atoms with Gasteiger partial charge in [-0.25, -0.2) is 8.42 Å². The number of hydrogen-bond acceptors (Lipinski definition) is 3. The molecule has 1 saturated carbocycles. The molecule has 1 aliphatic heterocycles. The maximum absolute atomic E-state index is 12.0. The zero-order valence-corrected chi connectivity index (χ0v) is 11.4. The van der Waals surface area contributed by atoms with Crippen molar-refractivity contribution in [1.82, 2.24) is 5.32 Å². The molecule has 2 unspecified atom stereocenters. The number of benzene rings is 1. The van der Waals surface area contributed by atoms with Crippen LogP contribution in [0.1, 0.15) is 31.4 Å². The summed E-state index contributed by atoms with van der Waals surface area (Å²) < 4.78 is 24.0. The Morgan fingerprint density at radius 3 is 2.78 bits per heavy atom. The molecule has 1 heterocycles. The van der Waals surface area contributed by atoms with E-state index >= 15 is 0 Å². The van der Waals surface area contributed by atoms with Crippen molar-refractivity contribution in [3.8, 4) is 0 Å². The van der Waals surface area contributed by atoms with Crippen LogP contribution < -0.4 is 5.32 Å². The van der Waals surface area contributed by atoms with Gasteiger partial charge >= 0.3 is 0 Å². The topological polar surface area (TPSA) is 46.2 Å². The molecule has 18 heavy (non-hydrogen) atoms. The van der Waals surface area contributed by atoms with E-state index in [0.717, 1.165) is 18.0 Å². The van der Waals surface area contributed by atoms with Gasteiger partial charge in [0.15, 0.2) is 9.84 Å². The SMILES string of the molecule is CC(CNC1CS(=O)(=O)c2ccccc21)C1CC1. The first-order valence-electron chi connectivity index (χ1n) is 6.63. The fourth-order valence-electron chi connectivity index (χ4n) is 2.78. The standard InChI is InChI=1S/C14H19NO2S/c1-10(11-6-7-11)8-15-13-9-18(16,17)14-5-3-2-4-12(13)14/h2-5,10-11,13,15H,6-9H2,1H3. The normalized spacial score (nSPS) is 26.8. The molecule has 2 atom stereocenters. The molecular weight excluding hydrogens is 246 g/mol. The van der Waals surface area contributed by atoms with Crippen LogP contribution >= 0.6 is 0 Å². The lowest BCUT2D eigenvalue weighted by atomic mass is 10.0. The smallest absolute Gasteiger partial charge is 0.180 e. The maximum Gasteiger partial charge on any atom is 0.180 e. The fourth-order valence-corrected chi connectivity index (χ4v) is 4.55. The van der Waals surface area contributed by atoms with Crippen LogP contribution in [0.2, 0.25) is 0 Å². The molecule has 0 radical (unpaired) electrons. The summed E-state index contributed by atoms with van der Waals surface area (Å²) in [5.74, 6) is 1.72. The highest BCUT2D eigenvalue weighted by Crippen LogP contribution is 2.37. The molecule has 0 bridgehead atoms. The van der Waals surface area contributed by atoms with Gasteiger partial charge in [0.05, 0.1) is 10.6 Å². The van der Waals surface area contributed by atoms with Gasteiger partial charge in [0.25, 0.3) is 0 Å². The van der Waals surface area contributed by atoms with Crippen molar-refractivity contribution in [1.29, 1.82) is 0 Å². The Labute approximate surface area is 109 Å². The van der Waals surface area contributed by atoms with E-state index in [0.29, 0.717) is 10.8 Å². The highest BCUT2D eigenvalue weighted by atomic mass is 32.2. The van der Waals surface area contributed by atoms with Crippen LogP contribution in [0.3, 0.4) is 0 Å². The molecule has 0 spiro atoms. The van der Waals surface area contributed by atoms with Gasteiger partial charge in [-0.2, -0.15) is 0 Å². The predicted octanol–water partition coefficient (Wildman–Crippen LogP) is 2.15. The fraction of sp³-hybridized carbons (Fsp3) is 0.571. The monoisotopic (exact) mass is 265 g/mol. The molecule has 2 aliphatic rings. The van der Waals surface area contributed by atoms with E-state index in [2.05, 4.69) is 12.2 Å². The summed E-state index contributed by atoms with van der Waals surface area (Å²) in [6.07, 6.45) is 2.67. The number of fused-ring (bicyclic) bond motifs is 1. The quantitative estimate of drug-likeness (QED) is 0.907. The lowest BCUT2D eigenvalue weighted by molar-refractivity contribution is 0.433. The molecule has 0 saturated heterocycles. The van der Waals surface area contributed by atoms with E-state index in [4.69, 9.17) is 0 Å². The van der Waals surface area contributed by atoms with E-state index < -0.39 is 9.84 Å². The highest BCUT2D eigenvalue weighted by Gasteiger charge is 2.35. The van der Waals surface area contributed by atoms with Gasteiger partial charge in [-0.3, -0.25) is 0 Å². The second-order valence-corrected chi connectivity index (χ2v) is 7.60.